The molecule has 8 nitrogen and oxygen atoms in total. The first-order chi connectivity index (χ1) is 8.58. The zero-order chi connectivity index (χ0) is 13.1. The second kappa shape index (κ2) is 4.86. The highest BCUT2D eigenvalue weighted by Gasteiger charge is 2.21. The maximum atomic E-state index is 10.8. The van der Waals surface area contributed by atoms with Crippen molar-refractivity contribution in [2.45, 2.75) is 19.5 Å². The van der Waals surface area contributed by atoms with Crippen molar-refractivity contribution in [3.8, 4) is 0 Å². The van der Waals surface area contributed by atoms with Crippen molar-refractivity contribution in [3.05, 3.63) is 34.9 Å². The average Bonchev–Trinajstić information content (AvgIpc) is 2.90. The van der Waals surface area contributed by atoms with E-state index in [0.717, 1.165) is 0 Å². The molecule has 2 rings (SSSR count). The lowest BCUT2D eigenvalue weighted by molar-refractivity contribution is -0.388. The lowest BCUT2D eigenvalue weighted by Crippen LogP contribution is -2.23. The molecule has 96 valence electrons. The molecule has 0 fully saturated rings. The molecule has 0 radical (unpaired) electrons. The van der Waals surface area contributed by atoms with Crippen LogP contribution in [0.5, 0.6) is 0 Å². The van der Waals surface area contributed by atoms with E-state index in [0.29, 0.717) is 12.4 Å². The van der Waals surface area contributed by atoms with Crippen LogP contribution in [-0.2, 0) is 13.6 Å². The van der Waals surface area contributed by atoms with Crippen LogP contribution in [-0.4, -0.2) is 30.3 Å². The zero-order valence-corrected chi connectivity index (χ0v) is 10.1. The maximum Gasteiger partial charge on any atom is 0.406 e. The van der Waals surface area contributed by atoms with E-state index in [2.05, 4.69) is 15.4 Å². The molecule has 0 aliphatic carbocycles. The highest BCUT2D eigenvalue weighted by Crippen LogP contribution is 2.21. The number of rotatable bonds is 5. The minimum absolute atomic E-state index is 0.000926. The Morgan fingerprint density at radius 3 is 3.00 bits per heavy atom. The maximum absolute atomic E-state index is 10.8. The van der Waals surface area contributed by atoms with Crippen LogP contribution in [0.15, 0.2) is 24.8 Å². The van der Waals surface area contributed by atoms with Gasteiger partial charge in [-0.2, -0.15) is 5.10 Å². The summed E-state index contributed by atoms with van der Waals surface area (Å²) in [5, 5.41) is 18.0. The first-order valence-electron chi connectivity index (χ1n) is 5.47. The number of imidazole rings is 1. The van der Waals surface area contributed by atoms with Crippen molar-refractivity contribution in [2.24, 2.45) is 7.05 Å². The van der Waals surface area contributed by atoms with Crippen LogP contribution in [0.2, 0.25) is 0 Å². The molecule has 0 aliphatic heterocycles. The second-order valence-corrected chi connectivity index (χ2v) is 4.06. The zero-order valence-electron chi connectivity index (χ0n) is 10.1. The Balaban J connectivity index is 2.09. The molecule has 2 aromatic rings. The van der Waals surface area contributed by atoms with Gasteiger partial charge < -0.3 is 15.4 Å². The summed E-state index contributed by atoms with van der Waals surface area (Å²) in [7, 11) is 1.71. The van der Waals surface area contributed by atoms with Crippen LogP contribution < -0.4 is 5.32 Å². The van der Waals surface area contributed by atoms with Gasteiger partial charge >= 0.3 is 5.82 Å². The number of aromatic nitrogens is 4. The standard InChI is InChI=1S/C10H14N6O2/c1-8(6-15-5-3-4-12-15)13-10-9(16(17)18)11-7-14(10)2/h3-5,7-8,13H,6H2,1-2H3. The Labute approximate surface area is 103 Å². The summed E-state index contributed by atoms with van der Waals surface area (Å²) in [6, 6.07) is 1.83. The van der Waals surface area contributed by atoms with Crippen molar-refractivity contribution in [2.75, 3.05) is 5.32 Å². The Morgan fingerprint density at radius 2 is 2.39 bits per heavy atom. The number of anilines is 1. The molecule has 0 bridgehead atoms. The fraction of sp³-hybridized carbons (Fsp3) is 0.400. The fourth-order valence-corrected chi connectivity index (χ4v) is 1.69. The highest BCUT2D eigenvalue weighted by molar-refractivity contribution is 5.52. The van der Waals surface area contributed by atoms with Gasteiger partial charge in [0.1, 0.15) is 0 Å². The molecular formula is C10H14N6O2. The molecular weight excluding hydrogens is 236 g/mol. The minimum atomic E-state index is -0.497. The summed E-state index contributed by atoms with van der Waals surface area (Å²) < 4.78 is 3.36. The molecule has 0 aliphatic rings. The van der Waals surface area contributed by atoms with Crippen molar-refractivity contribution in [1.29, 1.82) is 0 Å². The Morgan fingerprint density at radius 1 is 1.61 bits per heavy atom. The lowest BCUT2D eigenvalue weighted by Gasteiger charge is -2.14. The number of nitrogens with zero attached hydrogens (tertiary/aromatic N) is 5. The summed E-state index contributed by atoms with van der Waals surface area (Å²) >= 11 is 0. The molecule has 0 spiro atoms. The third-order valence-corrected chi connectivity index (χ3v) is 2.49. The van der Waals surface area contributed by atoms with E-state index in [-0.39, 0.29) is 11.9 Å². The van der Waals surface area contributed by atoms with Gasteiger partial charge in [0.05, 0.1) is 6.54 Å². The number of nitrogens with one attached hydrogen (secondary N) is 1. The molecule has 1 atom stereocenters. The summed E-state index contributed by atoms with van der Waals surface area (Å²) in [5.74, 6) is 0.240. The number of nitro groups is 1. The van der Waals surface area contributed by atoms with Gasteiger partial charge in [-0.3, -0.25) is 9.25 Å². The average molecular weight is 250 g/mol. The smallest absolute Gasteiger partial charge is 0.360 e. The lowest BCUT2D eigenvalue weighted by atomic mass is 10.3. The van der Waals surface area contributed by atoms with E-state index in [1.54, 1.807) is 22.5 Å². The van der Waals surface area contributed by atoms with Gasteiger partial charge in [0.25, 0.3) is 0 Å². The number of aryl methyl sites for hydroxylation is 1. The predicted octanol–water partition coefficient (Wildman–Crippen LogP) is 1.03. The molecule has 18 heavy (non-hydrogen) atoms. The summed E-state index contributed by atoms with van der Waals surface area (Å²) in [6.45, 7) is 2.55. The van der Waals surface area contributed by atoms with Gasteiger partial charge in [-0.1, -0.05) is 0 Å². The van der Waals surface area contributed by atoms with Crippen LogP contribution >= 0.6 is 0 Å². The molecule has 2 heterocycles. The van der Waals surface area contributed by atoms with Gasteiger partial charge in [0.2, 0.25) is 12.1 Å². The minimum Gasteiger partial charge on any atom is -0.360 e. The SMILES string of the molecule is CC(Cn1cccn1)Nc1c([N+](=O)[O-])ncn1C. The molecule has 2 aromatic heterocycles. The van der Waals surface area contributed by atoms with Crippen LogP contribution in [0.25, 0.3) is 0 Å². The summed E-state index contributed by atoms with van der Waals surface area (Å²) in [4.78, 5) is 14.1. The van der Waals surface area contributed by atoms with E-state index in [4.69, 9.17) is 0 Å². The third kappa shape index (κ3) is 2.47. The second-order valence-electron chi connectivity index (χ2n) is 4.06. The summed E-state index contributed by atoms with van der Waals surface area (Å²) in [5.41, 5.74) is 0. The van der Waals surface area contributed by atoms with Crippen LogP contribution in [0, 0.1) is 10.1 Å². The van der Waals surface area contributed by atoms with Gasteiger partial charge in [0.15, 0.2) is 0 Å². The first-order valence-corrected chi connectivity index (χ1v) is 5.47. The molecule has 0 amide bonds. The predicted molar refractivity (Wildman–Crippen MR) is 65.2 cm³/mol. The number of hydrogen-bond donors (Lipinski definition) is 1. The van der Waals surface area contributed by atoms with E-state index >= 15 is 0 Å². The Kier molecular flexibility index (Phi) is 3.26. The van der Waals surface area contributed by atoms with Gasteiger partial charge in [0, 0.05) is 25.5 Å². The topological polar surface area (TPSA) is 90.8 Å². The van der Waals surface area contributed by atoms with E-state index in [1.165, 1.54) is 6.33 Å². The van der Waals surface area contributed by atoms with Crippen molar-refractivity contribution in [3.63, 3.8) is 0 Å². The van der Waals surface area contributed by atoms with Gasteiger partial charge in [-0.15, -0.1) is 0 Å². The van der Waals surface area contributed by atoms with Crippen molar-refractivity contribution in [1.82, 2.24) is 19.3 Å². The highest BCUT2D eigenvalue weighted by atomic mass is 16.6. The van der Waals surface area contributed by atoms with E-state index < -0.39 is 4.92 Å². The largest absolute Gasteiger partial charge is 0.406 e. The first kappa shape index (κ1) is 12.1. The van der Waals surface area contributed by atoms with Crippen LogP contribution in [0.3, 0.4) is 0 Å². The normalized spacial score (nSPS) is 12.3. The molecule has 8 heteroatoms. The molecule has 1 unspecified atom stereocenters. The number of hydrogen-bond acceptors (Lipinski definition) is 5. The quantitative estimate of drug-likeness (QED) is 0.632. The van der Waals surface area contributed by atoms with E-state index in [9.17, 15) is 10.1 Å². The van der Waals surface area contributed by atoms with Crippen molar-refractivity contribution >= 4 is 11.6 Å². The van der Waals surface area contributed by atoms with Gasteiger partial charge in [-0.25, -0.2) is 0 Å². The van der Waals surface area contributed by atoms with E-state index in [1.807, 2.05) is 19.2 Å². The fourth-order valence-electron chi connectivity index (χ4n) is 1.69. The van der Waals surface area contributed by atoms with Crippen LogP contribution in [0.1, 0.15) is 6.92 Å². The molecule has 0 aromatic carbocycles. The van der Waals surface area contributed by atoms with Gasteiger partial charge in [-0.05, 0) is 22.9 Å². The Bertz CT molecular complexity index is 533. The van der Waals surface area contributed by atoms with Crippen molar-refractivity contribution < 1.29 is 4.92 Å². The molecule has 1 N–H and O–H groups in total. The molecule has 0 saturated carbocycles. The Hall–Kier alpha value is -2.38. The summed E-state index contributed by atoms with van der Waals surface area (Å²) in [6.07, 6.45) is 4.95. The monoisotopic (exact) mass is 250 g/mol. The third-order valence-electron chi connectivity index (χ3n) is 2.49. The van der Waals surface area contributed by atoms with Crippen LogP contribution in [0.4, 0.5) is 11.6 Å². The molecule has 0 saturated heterocycles.